The molecule has 2 aromatic rings. The van der Waals surface area contributed by atoms with Crippen molar-refractivity contribution < 1.29 is 23.8 Å². The largest absolute Gasteiger partial charge is 0.457 e. The molecule has 0 N–H and O–H groups in total. The summed E-state index contributed by atoms with van der Waals surface area (Å²) in [6.07, 6.45) is 7.19. The lowest BCUT2D eigenvalue weighted by molar-refractivity contribution is -0.155. The number of allylic oxidation sites excluding steroid dienone is 1. The zero-order valence-corrected chi connectivity index (χ0v) is 21.1. The van der Waals surface area contributed by atoms with Crippen LogP contribution in [0.1, 0.15) is 64.5 Å². The quantitative estimate of drug-likeness (QED) is 0.305. The second-order valence-corrected chi connectivity index (χ2v) is 10.5. The number of nitriles is 1. The van der Waals surface area contributed by atoms with Gasteiger partial charge in [0, 0.05) is 11.6 Å². The molecular formula is C30H33NO5. The maximum atomic E-state index is 13.0. The minimum atomic E-state index is -1.06. The predicted octanol–water partition coefficient (Wildman–Crippen LogP) is 6.68. The van der Waals surface area contributed by atoms with E-state index in [1.54, 1.807) is 30.3 Å². The number of esters is 2. The Balaban J connectivity index is 1.37. The van der Waals surface area contributed by atoms with Crippen molar-refractivity contribution in [3.63, 3.8) is 0 Å². The van der Waals surface area contributed by atoms with Gasteiger partial charge in [-0.15, -0.1) is 0 Å². The van der Waals surface area contributed by atoms with Crippen LogP contribution in [0.4, 0.5) is 0 Å². The average molecular weight is 488 g/mol. The molecule has 2 saturated carbocycles. The van der Waals surface area contributed by atoms with E-state index in [1.165, 1.54) is 12.5 Å². The van der Waals surface area contributed by atoms with Crippen LogP contribution in [-0.4, -0.2) is 17.5 Å². The number of nitrogens with zero attached hydrogens (tertiary/aromatic N) is 1. The first-order chi connectivity index (χ1) is 17.2. The molecular weight excluding hydrogens is 454 g/mol. The van der Waals surface area contributed by atoms with E-state index in [4.69, 9.17) is 14.2 Å². The molecule has 4 rings (SSSR count). The van der Waals surface area contributed by atoms with Gasteiger partial charge in [0.05, 0.1) is 5.92 Å². The van der Waals surface area contributed by atoms with Crippen LogP contribution in [0.2, 0.25) is 0 Å². The maximum Gasteiger partial charge on any atom is 0.330 e. The number of hydrogen-bond donors (Lipinski definition) is 0. The third-order valence-electron chi connectivity index (χ3n) is 7.35. The van der Waals surface area contributed by atoms with Crippen LogP contribution >= 0.6 is 0 Å². The highest BCUT2D eigenvalue weighted by Crippen LogP contribution is 2.59. The van der Waals surface area contributed by atoms with Gasteiger partial charge in [-0.1, -0.05) is 56.7 Å². The molecule has 0 aliphatic heterocycles. The maximum absolute atomic E-state index is 13.0. The SMILES string of the molecule is CC1(OC(=O)/C=C\[C@H]2[C@@H](C(=O)O[C@H](C#N)c3cccc(Oc4ccccc4)c3)C2(C)C)CCCCC1. The number of para-hydroxylation sites is 1. The molecule has 0 aromatic heterocycles. The zero-order valence-electron chi connectivity index (χ0n) is 21.1. The molecule has 0 unspecified atom stereocenters. The molecule has 0 heterocycles. The van der Waals surface area contributed by atoms with Crippen molar-refractivity contribution in [2.45, 2.75) is 64.6 Å². The Hall–Kier alpha value is -3.59. The average Bonchev–Trinajstić information content (AvgIpc) is 3.42. The van der Waals surface area contributed by atoms with Gasteiger partial charge in [-0.25, -0.2) is 4.79 Å². The lowest BCUT2D eigenvalue weighted by atomic mass is 9.86. The van der Waals surface area contributed by atoms with E-state index in [-0.39, 0.29) is 17.3 Å². The van der Waals surface area contributed by atoms with Crippen LogP contribution in [0.5, 0.6) is 11.5 Å². The summed E-state index contributed by atoms with van der Waals surface area (Å²) in [4.78, 5) is 25.4. The highest BCUT2D eigenvalue weighted by Gasteiger charge is 2.61. The van der Waals surface area contributed by atoms with E-state index in [0.29, 0.717) is 17.1 Å². The molecule has 6 heteroatoms. The highest BCUT2D eigenvalue weighted by atomic mass is 16.6. The Morgan fingerprint density at radius 2 is 1.69 bits per heavy atom. The van der Waals surface area contributed by atoms with E-state index in [9.17, 15) is 14.9 Å². The van der Waals surface area contributed by atoms with Gasteiger partial charge in [-0.05, 0) is 68.2 Å². The van der Waals surface area contributed by atoms with Gasteiger partial charge < -0.3 is 14.2 Å². The van der Waals surface area contributed by atoms with Gasteiger partial charge in [0.25, 0.3) is 0 Å². The van der Waals surface area contributed by atoms with Crippen molar-refractivity contribution in [3.8, 4) is 17.6 Å². The van der Waals surface area contributed by atoms with Crippen LogP contribution < -0.4 is 4.74 Å². The second kappa shape index (κ2) is 10.6. The van der Waals surface area contributed by atoms with Crippen LogP contribution in [0.3, 0.4) is 0 Å². The predicted molar refractivity (Wildman–Crippen MR) is 135 cm³/mol. The molecule has 2 aromatic carbocycles. The Labute approximate surface area is 212 Å². The Kier molecular flexibility index (Phi) is 7.49. The molecule has 2 fully saturated rings. The fourth-order valence-corrected chi connectivity index (χ4v) is 5.07. The molecule has 0 spiro atoms. The molecule has 6 nitrogen and oxygen atoms in total. The topological polar surface area (TPSA) is 85.6 Å². The summed E-state index contributed by atoms with van der Waals surface area (Å²) in [6, 6.07) is 18.4. The van der Waals surface area contributed by atoms with Crippen LogP contribution in [0.25, 0.3) is 0 Å². The van der Waals surface area contributed by atoms with Gasteiger partial charge in [-0.3, -0.25) is 4.79 Å². The first-order valence-corrected chi connectivity index (χ1v) is 12.6. The lowest BCUT2D eigenvalue weighted by Crippen LogP contribution is -2.33. The summed E-state index contributed by atoms with van der Waals surface area (Å²) < 4.78 is 17.2. The molecule has 3 atom stereocenters. The van der Waals surface area contributed by atoms with Gasteiger partial charge in [0.1, 0.15) is 23.2 Å². The number of hydrogen-bond acceptors (Lipinski definition) is 6. The Bertz CT molecular complexity index is 1160. The molecule has 0 amide bonds. The number of carbonyl (C=O) groups excluding carboxylic acids is 2. The molecule has 0 saturated heterocycles. The molecule has 0 bridgehead atoms. The summed E-state index contributed by atoms with van der Waals surface area (Å²) >= 11 is 0. The first-order valence-electron chi connectivity index (χ1n) is 12.6. The van der Waals surface area contributed by atoms with E-state index in [1.807, 2.05) is 51.1 Å². The van der Waals surface area contributed by atoms with Crippen molar-refractivity contribution in [3.05, 3.63) is 72.3 Å². The number of rotatable bonds is 8. The number of carbonyl (C=O) groups is 2. The molecule has 188 valence electrons. The summed E-state index contributed by atoms with van der Waals surface area (Å²) in [5, 5.41) is 9.72. The fraction of sp³-hybridized carbons (Fsp3) is 0.433. The minimum absolute atomic E-state index is 0.163. The van der Waals surface area contributed by atoms with Gasteiger partial charge in [0.15, 0.2) is 0 Å². The van der Waals surface area contributed by atoms with Crippen LogP contribution in [-0.2, 0) is 19.1 Å². The van der Waals surface area contributed by atoms with E-state index < -0.39 is 23.6 Å². The normalized spacial score (nSPS) is 22.7. The van der Waals surface area contributed by atoms with E-state index in [2.05, 4.69) is 6.07 Å². The minimum Gasteiger partial charge on any atom is -0.457 e. The summed E-state index contributed by atoms with van der Waals surface area (Å²) in [7, 11) is 0. The van der Waals surface area contributed by atoms with E-state index >= 15 is 0 Å². The Morgan fingerprint density at radius 3 is 2.39 bits per heavy atom. The standard InChI is InChI=1S/C30H33NO5/c1-29(2)24(15-16-26(32)36-30(3)17-8-5-9-18-30)27(29)28(33)35-25(20-31)21-11-10-14-23(19-21)34-22-12-6-4-7-13-22/h4,6-7,10-16,19,24-25,27H,5,8-9,17-18H2,1-3H3/b16-15-/t24-,25+,27-/m0/s1. The molecule has 2 aliphatic carbocycles. The van der Waals surface area contributed by atoms with E-state index in [0.717, 1.165) is 25.7 Å². The third kappa shape index (κ3) is 5.96. The van der Waals surface area contributed by atoms with Gasteiger partial charge in [0.2, 0.25) is 6.10 Å². The van der Waals surface area contributed by atoms with Gasteiger partial charge >= 0.3 is 11.9 Å². The van der Waals surface area contributed by atoms with Crippen molar-refractivity contribution in [2.75, 3.05) is 0 Å². The first kappa shape index (κ1) is 25.5. The molecule has 2 aliphatic rings. The summed E-state index contributed by atoms with van der Waals surface area (Å²) in [5.41, 5.74) is -0.245. The Morgan fingerprint density at radius 1 is 1.00 bits per heavy atom. The monoisotopic (exact) mass is 487 g/mol. The van der Waals surface area contributed by atoms with Crippen LogP contribution in [0.15, 0.2) is 66.7 Å². The number of benzene rings is 2. The third-order valence-corrected chi connectivity index (χ3v) is 7.35. The summed E-state index contributed by atoms with van der Waals surface area (Å²) in [6.45, 7) is 5.90. The zero-order chi connectivity index (χ0) is 25.8. The van der Waals surface area contributed by atoms with Crippen molar-refractivity contribution >= 4 is 11.9 Å². The smallest absolute Gasteiger partial charge is 0.330 e. The van der Waals surface area contributed by atoms with Crippen LogP contribution in [0, 0.1) is 28.6 Å². The second-order valence-electron chi connectivity index (χ2n) is 10.5. The fourth-order valence-electron chi connectivity index (χ4n) is 5.07. The highest BCUT2D eigenvalue weighted by molar-refractivity contribution is 5.84. The number of ether oxygens (including phenoxy) is 3. The van der Waals surface area contributed by atoms with Gasteiger partial charge in [-0.2, -0.15) is 5.26 Å². The molecule has 36 heavy (non-hydrogen) atoms. The van der Waals surface area contributed by atoms with Crippen molar-refractivity contribution in [1.29, 1.82) is 5.26 Å². The summed E-state index contributed by atoms with van der Waals surface area (Å²) in [5.74, 6) is -0.212. The lowest BCUT2D eigenvalue weighted by Gasteiger charge is -2.32. The van der Waals surface area contributed by atoms with Crippen molar-refractivity contribution in [1.82, 2.24) is 0 Å². The van der Waals surface area contributed by atoms with Crippen molar-refractivity contribution in [2.24, 2.45) is 17.3 Å². The molecule has 0 radical (unpaired) electrons.